The number of methoxy groups -OCH3 is 1. The first-order chi connectivity index (χ1) is 14.2. The van der Waals surface area contributed by atoms with Gasteiger partial charge in [-0.15, -0.1) is 0 Å². The SMILES string of the molecule is COC(=O)[C@H]1[C@H](CO)[C@H]2Cn3c(ccc(-c4ccc(F)cc4)c3=O)[C@H]2N1S(C)(=O)=O. The van der Waals surface area contributed by atoms with Crippen LogP contribution >= 0.6 is 0 Å². The number of rotatable bonds is 4. The van der Waals surface area contributed by atoms with Crippen molar-refractivity contribution in [2.45, 2.75) is 18.6 Å². The van der Waals surface area contributed by atoms with Crippen molar-refractivity contribution >= 4 is 16.0 Å². The van der Waals surface area contributed by atoms with Crippen molar-refractivity contribution in [3.8, 4) is 11.1 Å². The molecule has 4 atom stereocenters. The summed E-state index contributed by atoms with van der Waals surface area (Å²) < 4.78 is 45.8. The number of fused-ring (bicyclic) bond motifs is 3. The number of ether oxygens (including phenoxy) is 1. The predicted molar refractivity (Wildman–Crippen MR) is 105 cm³/mol. The highest BCUT2D eigenvalue weighted by Gasteiger charge is 2.59. The normalized spacial score (nSPS) is 25.7. The van der Waals surface area contributed by atoms with Gasteiger partial charge in [0.25, 0.3) is 5.56 Å². The van der Waals surface area contributed by atoms with E-state index in [1.807, 2.05) is 0 Å². The molecule has 2 aliphatic rings. The molecule has 3 heterocycles. The molecule has 10 heteroatoms. The van der Waals surface area contributed by atoms with Crippen molar-refractivity contribution in [3.05, 3.63) is 58.3 Å². The van der Waals surface area contributed by atoms with Crippen LogP contribution in [0.3, 0.4) is 0 Å². The molecule has 0 radical (unpaired) electrons. The van der Waals surface area contributed by atoms with Crippen molar-refractivity contribution < 1.29 is 27.4 Å². The molecule has 2 aromatic rings. The minimum atomic E-state index is -3.86. The first-order valence-corrected chi connectivity index (χ1v) is 11.2. The molecule has 1 fully saturated rings. The van der Waals surface area contributed by atoms with Gasteiger partial charge in [-0.25, -0.2) is 12.8 Å². The Morgan fingerprint density at radius 3 is 2.47 bits per heavy atom. The second kappa shape index (κ2) is 7.29. The van der Waals surface area contributed by atoms with Crippen LogP contribution in [-0.4, -0.2) is 54.4 Å². The number of aromatic nitrogens is 1. The number of benzene rings is 1. The maximum absolute atomic E-state index is 13.2. The van der Waals surface area contributed by atoms with Crippen molar-refractivity contribution in [1.29, 1.82) is 0 Å². The minimum Gasteiger partial charge on any atom is -0.468 e. The second-order valence-electron chi connectivity index (χ2n) is 7.61. The summed E-state index contributed by atoms with van der Waals surface area (Å²) >= 11 is 0. The van der Waals surface area contributed by atoms with Gasteiger partial charge in [0.05, 0.1) is 19.4 Å². The Bertz CT molecular complexity index is 1160. The molecule has 1 aromatic heterocycles. The van der Waals surface area contributed by atoms with Crippen LogP contribution in [-0.2, 0) is 26.1 Å². The van der Waals surface area contributed by atoms with E-state index in [0.717, 1.165) is 10.6 Å². The number of nitrogens with zero attached hydrogens (tertiary/aromatic N) is 2. The lowest BCUT2D eigenvalue weighted by molar-refractivity contribution is -0.146. The standard InChI is InChI=1S/C20H21FN2O6S/c1-29-20(26)18-15(10-24)14-9-22-16(17(14)23(18)30(2,27)28)8-7-13(19(22)25)11-3-5-12(21)6-4-11/h3-8,14-15,17-18,24H,9-10H2,1-2H3/t14-,15-,17+,18-/m1/s1. The Kier molecular flexibility index (Phi) is 5.03. The van der Waals surface area contributed by atoms with Gasteiger partial charge in [0.2, 0.25) is 10.0 Å². The zero-order valence-corrected chi connectivity index (χ0v) is 17.2. The van der Waals surface area contributed by atoms with E-state index >= 15 is 0 Å². The number of aliphatic hydroxyl groups is 1. The third kappa shape index (κ3) is 3.06. The Hall–Kier alpha value is -2.56. The van der Waals surface area contributed by atoms with Crippen LogP contribution in [0.2, 0.25) is 0 Å². The van der Waals surface area contributed by atoms with Gasteiger partial charge < -0.3 is 14.4 Å². The number of hydrogen-bond donors (Lipinski definition) is 1. The predicted octanol–water partition coefficient (Wildman–Crippen LogP) is 0.751. The molecule has 8 nitrogen and oxygen atoms in total. The van der Waals surface area contributed by atoms with Gasteiger partial charge in [-0.2, -0.15) is 4.31 Å². The highest BCUT2D eigenvalue weighted by atomic mass is 32.2. The first-order valence-electron chi connectivity index (χ1n) is 9.36. The number of aliphatic hydroxyl groups excluding tert-OH is 1. The molecule has 1 N–H and O–H groups in total. The number of hydrogen-bond acceptors (Lipinski definition) is 6. The summed E-state index contributed by atoms with van der Waals surface area (Å²) in [5.41, 5.74) is 1.01. The van der Waals surface area contributed by atoms with Crippen LogP contribution in [0.4, 0.5) is 4.39 Å². The number of halogens is 1. The van der Waals surface area contributed by atoms with E-state index in [4.69, 9.17) is 4.74 Å². The van der Waals surface area contributed by atoms with Crippen molar-refractivity contribution in [2.24, 2.45) is 11.8 Å². The maximum atomic E-state index is 13.2. The molecule has 0 unspecified atom stereocenters. The topological polar surface area (TPSA) is 106 Å². The molecule has 30 heavy (non-hydrogen) atoms. The monoisotopic (exact) mass is 436 g/mol. The fourth-order valence-corrected chi connectivity index (χ4v) is 6.08. The van der Waals surface area contributed by atoms with Crippen LogP contribution in [0, 0.1) is 17.7 Å². The number of carbonyl (C=O) groups excluding carboxylic acids is 1. The van der Waals surface area contributed by atoms with E-state index in [1.54, 1.807) is 12.1 Å². The fourth-order valence-electron chi connectivity index (χ4n) is 4.75. The van der Waals surface area contributed by atoms with E-state index in [1.165, 1.54) is 35.9 Å². The van der Waals surface area contributed by atoms with Crippen molar-refractivity contribution in [3.63, 3.8) is 0 Å². The summed E-state index contributed by atoms with van der Waals surface area (Å²) in [6.45, 7) is -0.279. The van der Waals surface area contributed by atoms with Gasteiger partial charge in [0.1, 0.15) is 11.9 Å². The van der Waals surface area contributed by atoms with Crippen LogP contribution in [0.5, 0.6) is 0 Å². The molecular weight excluding hydrogens is 415 g/mol. The second-order valence-corrected chi connectivity index (χ2v) is 9.50. The molecular formula is C20H21FN2O6S. The van der Waals surface area contributed by atoms with Gasteiger partial charge in [-0.05, 0) is 29.8 Å². The van der Waals surface area contributed by atoms with E-state index in [9.17, 15) is 27.5 Å². The average Bonchev–Trinajstić information content (AvgIpc) is 3.23. The highest BCUT2D eigenvalue weighted by molar-refractivity contribution is 7.88. The molecule has 0 saturated carbocycles. The number of esters is 1. The molecule has 0 spiro atoms. The molecule has 0 aliphatic carbocycles. The maximum Gasteiger partial charge on any atom is 0.324 e. The van der Waals surface area contributed by atoms with Crippen LogP contribution in [0.25, 0.3) is 11.1 Å². The molecule has 0 bridgehead atoms. The lowest BCUT2D eigenvalue weighted by Crippen LogP contribution is -2.46. The summed E-state index contributed by atoms with van der Waals surface area (Å²) in [5, 5.41) is 9.97. The van der Waals surface area contributed by atoms with E-state index in [0.29, 0.717) is 16.8 Å². The Morgan fingerprint density at radius 1 is 1.23 bits per heavy atom. The quantitative estimate of drug-likeness (QED) is 0.709. The minimum absolute atomic E-state index is 0.151. The van der Waals surface area contributed by atoms with Gasteiger partial charge in [0.15, 0.2) is 0 Å². The molecule has 1 aromatic carbocycles. The van der Waals surface area contributed by atoms with Crippen LogP contribution in [0.1, 0.15) is 11.7 Å². The van der Waals surface area contributed by atoms with E-state index in [-0.39, 0.29) is 12.1 Å². The van der Waals surface area contributed by atoms with Gasteiger partial charge in [-0.3, -0.25) is 9.59 Å². The number of pyridine rings is 1. The summed E-state index contributed by atoms with van der Waals surface area (Å²) in [6.07, 6.45) is 0.993. The zero-order valence-electron chi connectivity index (χ0n) is 16.4. The van der Waals surface area contributed by atoms with Gasteiger partial charge in [-0.1, -0.05) is 12.1 Å². The lowest BCUT2D eigenvalue weighted by atomic mass is 9.88. The van der Waals surface area contributed by atoms with Gasteiger partial charge >= 0.3 is 5.97 Å². The average molecular weight is 436 g/mol. The largest absolute Gasteiger partial charge is 0.468 e. The molecule has 1 saturated heterocycles. The third-order valence-electron chi connectivity index (χ3n) is 6.01. The lowest BCUT2D eigenvalue weighted by Gasteiger charge is -2.27. The summed E-state index contributed by atoms with van der Waals surface area (Å²) in [4.78, 5) is 25.5. The molecule has 160 valence electrons. The molecule has 4 rings (SSSR count). The Morgan fingerprint density at radius 2 is 1.90 bits per heavy atom. The summed E-state index contributed by atoms with van der Waals surface area (Å²) in [5.74, 6) is -2.35. The fraction of sp³-hybridized carbons (Fsp3) is 0.400. The summed E-state index contributed by atoms with van der Waals surface area (Å²) in [7, 11) is -2.70. The molecule has 0 amide bonds. The number of carbonyl (C=O) groups is 1. The van der Waals surface area contributed by atoms with Crippen molar-refractivity contribution in [1.82, 2.24) is 8.87 Å². The van der Waals surface area contributed by atoms with Crippen LogP contribution in [0.15, 0.2) is 41.2 Å². The summed E-state index contributed by atoms with van der Waals surface area (Å²) in [6, 6.07) is 6.82. The van der Waals surface area contributed by atoms with E-state index < -0.39 is 52.3 Å². The first kappa shape index (κ1) is 20.7. The molecule has 2 aliphatic heterocycles. The van der Waals surface area contributed by atoms with Crippen molar-refractivity contribution in [2.75, 3.05) is 20.0 Å². The number of sulfonamides is 1. The smallest absolute Gasteiger partial charge is 0.324 e. The van der Waals surface area contributed by atoms with Crippen LogP contribution < -0.4 is 5.56 Å². The Labute approximate surface area is 172 Å². The van der Waals surface area contributed by atoms with E-state index in [2.05, 4.69) is 0 Å². The third-order valence-corrected chi connectivity index (χ3v) is 7.23. The van der Waals surface area contributed by atoms with Gasteiger partial charge in [0, 0.05) is 36.2 Å². The Balaban J connectivity index is 1.85. The zero-order chi connectivity index (χ0) is 21.8. The highest BCUT2D eigenvalue weighted by Crippen LogP contribution is 2.50.